The van der Waals surface area contributed by atoms with Crippen LogP contribution in [-0.2, 0) is 14.3 Å². The van der Waals surface area contributed by atoms with Gasteiger partial charge >= 0.3 is 11.9 Å². The van der Waals surface area contributed by atoms with Crippen LogP contribution in [0.15, 0.2) is 69.6 Å². The summed E-state index contributed by atoms with van der Waals surface area (Å²) in [7, 11) is 2.91. The molecular weight excluding hydrogens is 492 g/mol. The Balaban J connectivity index is 1.87. The number of allylic oxidation sites excluding steroid dienone is 1. The fourth-order valence-corrected chi connectivity index (χ4v) is 5.04. The van der Waals surface area contributed by atoms with Crippen LogP contribution in [0.5, 0.6) is 5.75 Å². The molecule has 37 heavy (non-hydrogen) atoms. The topological polar surface area (TPSA) is 96.2 Å². The number of esters is 2. The molecule has 1 aliphatic heterocycles. The zero-order valence-corrected chi connectivity index (χ0v) is 22.1. The molecule has 0 bridgehead atoms. The Hall–Kier alpha value is -3.98. The maximum Gasteiger partial charge on any atom is 0.338 e. The van der Waals surface area contributed by atoms with E-state index in [9.17, 15) is 14.4 Å². The SMILES string of the molecule is COC(=O)c1ccc(C2C(C(=O)OCC(C)C)=C(C)N=c3sc(=Cc4ccc(OC)cc4)c(=O)n32)cc1. The van der Waals surface area contributed by atoms with Gasteiger partial charge in [-0.15, -0.1) is 0 Å². The summed E-state index contributed by atoms with van der Waals surface area (Å²) in [5.41, 5.74) is 2.34. The van der Waals surface area contributed by atoms with Crippen molar-refractivity contribution < 1.29 is 23.8 Å². The molecule has 0 aliphatic carbocycles. The van der Waals surface area contributed by atoms with Gasteiger partial charge in [0.25, 0.3) is 5.56 Å². The van der Waals surface area contributed by atoms with Gasteiger partial charge in [0, 0.05) is 0 Å². The first kappa shape index (κ1) is 26.1. The maximum atomic E-state index is 13.7. The van der Waals surface area contributed by atoms with E-state index in [0.29, 0.717) is 31.9 Å². The molecule has 0 fully saturated rings. The highest BCUT2D eigenvalue weighted by Gasteiger charge is 2.33. The third kappa shape index (κ3) is 5.41. The lowest BCUT2D eigenvalue weighted by Crippen LogP contribution is -2.40. The molecule has 2 heterocycles. The van der Waals surface area contributed by atoms with Crippen molar-refractivity contribution in [2.75, 3.05) is 20.8 Å². The maximum absolute atomic E-state index is 13.7. The first-order valence-electron chi connectivity index (χ1n) is 11.8. The van der Waals surface area contributed by atoms with Crippen LogP contribution in [0.4, 0.5) is 0 Å². The molecular formula is C28H28N2O6S. The van der Waals surface area contributed by atoms with E-state index >= 15 is 0 Å². The number of carbonyl (C=O) groups excluding carboxylic acids is 2. The number of hydrogen-bond acceptors (Lipinski definition) is 8. The number of thiazole rings is 1. The van der Waals surface area contributed by atoms with Crippen LogP contribution < -0.4 is 19.6 Å². The summed E-state index contributed by atoms with van der Waals surface area (Å²) < 4.78 is 17.6. The molecule has 9 heteroatoms. The van der Waals surface area contributed by atoms with Gasteiger partial charge in [-0.25, -0.2) is 14.6 Å². The van der Waals surface area contributed by atoms with Crippen molar-refractivity contribution >= 4 is 29.4 Å². The molecule has 1 atom stereocenters. The molecule has 0 amide bonds. The van der Waals surface area contributed by atoms with E-state index in [1.165, 1.54) is 23.0 Å². The summed E-state index contributed by atoms with van der Waals surface area (Å²) in [4.78, 5) is 44.0. The minimum atomic E-state index is -0.763. The third-order valence-electron chi connectivity index (χ3n) is 5.85. The molecule has 4 rings (SSSR count). The quantitative estimate of drug-likeness (QED) is 0.444. The highest BCUT2D eigenvalue weighted by molar-refractivity contribution is 7.07. The van der Waals surface area contributed by atoms with Crippen LogP contribution in [0.3, 0.4) is 0 Å². The van der Waals surface area contributed by atoms with Gasteiger partial charge in [-0.2, -0.15) is 0 Å². The molecule has 2 aromatic carbocycles. The lowest BCUT2D eigenvalue weighted by atomic mass is 9.95. The van der Waals surface area contributed by atoms with E-state index in [0.717, 1.165) is 5.56 Å². The van der Waals surface area contributed by atoms with E-state index < -0.39 is 18.0 Å². The van der Waals surface area contributed by atoms with Crippen LogP contribution in [-0.4, -0.2) is 37.3 Å². The molecule has 8 nitrogen and oxygen atoms in total. The second kappa shape index (κ2) is 11.0. The summed E-state index contributed by atoms with van der Waals surface area (Å²) in [5, 5.41) is 0. The van der Waals surface area contributed by atoms with Crippen molar-refractivity contribution in [1.82, 2.24) is 4.57 Å². The van der Waals surface area contributed by atoms with Crippen LogP contribution in [0.1, 0.15) is 48.3 Å². The molecule has 0 N–H and O–H groups in total. The number of hydrogen-bond donors (Lipinski definition) is 0. The van der Waals surface area contributed by atoms with Crippen LogP contribution in [0, 0.1) is 5.92 Å². The summed E-state index contributed by atoms with van der Waals surface area (Å²) in [6.07, 6.45) is 1.79. The predicted molar refractivity (Wildman–Crippen MR) is 140 cm³/mol. The van der Waals surface area contributed by atoms with Crippen molar-refractivity contribution in [3.8, 4) is 5.75 Å². The number of fused-ring (bicyclic) bond motifs is 1. The van der Waals surface area contributed by atoms with Gasteiger partial charge in [0.05, 0.1) is 48.2 Å². The smallest absolute Gasteiger partial charge is 0.338 e. The average molecular weight is 521 g/mol. The summed E-state index contributed by atoms with van der Waals surface area (Å²) in [6.45, 7) is 5.88. The Morgan fingerprint density at radius 3 is 2.32 bits per heavy atom. The Morgan fingerprint density at radius 1 is 1.05 bits per heavy atom. The first-order chi connectivity index (χ1) is 17.7. The van der Waals surface area contributed by atoms with Gasteiger partial charge in [0.2, 0.25) is 0 Å². The number of rotatable bonds is 7. The highest BCUT2D eigenvalue weighted by Crippen LogP contribution is 2.31. The molecule has 0 saturated carbocycles. The second-order valence-corrected chi connectivity index (χ2v) is 9.97. The molecule has 1 unspecified atom stereocenters. The number of methoxy groups -OCH3 is 2. The van der Waals surface area contributed by atoms with E-state index in [-0.39, 0.29) is 23.7 Å². The molecule has 0 spiro atoms. The zero-order chi connectivity index (χ0) is 26.7. The van der Waals surface area contributed by atoms with E-state index in [1.54, 1.807) is 44.4 Å². The minimum Gasteiger partial charge on any atom is -0.497 e. The lowest BCUT2D eigenvalue weighted by molar-refractivity contribution is -0.140. The Kier molecular flexibility index (Phi) is 7.73. The second-order valence-electron chi connectivity index (χ2n) is 8.96. The molecule has 1 aromatic heterocycles. The van der Waals surface area contributed by atoms with Crippen molar-refractivity contribution in [2.24, 2.45) is 10.9 Å². The molecule has 0 saturated heterocycles. The Labute approximate surface area is 218 Å². The summed E-state index contributed by atoms with van der Waals surface area (Å²) in [6, 6.07) is 13.3. The molecule has 192 valence electrons. The Bertz CT molecular complexity index is 1530. The zero-order valence-electron chi connectivity index (χ0n) is 21.3. The van der Waals surface area contributed by atoms with Crippen molar-refractivity contribution in [1.29, 1.82) is 0 Å². The summed E-state index contributed by atoms with van der Waals surface area (Å²) >= 11 is 1.25. The van der Waals surface area contributed by atoms with E-state index in [2.05, 4.69) is 4.99 Å². The van der Waals surface area contributed by atoms with Crippen molar-refractivity contribution in [2.45, 2.75) is 26.8 Å². The van der Waals surface area contributed by atoms with E-state index in [4.69, 9.17) is 14.2 Å². The normalized spacial score (nSPS) is 15.3. The molecule has 1 aliphatic rings. The lowest BCUT2D eigenvalue weighted by Gasteiger charge is -2.25. The van der Waals surface area contributed by atoms with Crippen LogP contribution in [0.2, 0.25) is 0 Å². The van der Waals surface area contributed by atoms with Gasteiger partial charge < -0.3 is 14.2 Å². The van der Waals surface area contributed by atoms with Gasteiger partial charge in [-0.1, -0.05) is 49.4 Å². The van der Waals surface area contributed by atoms with Gasteiger partial charge in [0.1, 0.15) is 5.75 Å². The van der Waals surface area contributed by atoms with Gasteiger partial charge in [0.15, 0.2) is 4.80 Å². The monoisotopic (exact) mass is 520 g/mol. The van der Waals surface area contributed by atoms with Crippen LogP contribution >= 0.6 is 11.3 Å². The van der Waals surface area contributed by atoms with Crippen LogP contribution in [0.25, 0.3) is 6.08 Å². The predicted octanol–water partition coefficient (Wildman–Crippen LogP) is 3.23. The average Bonchev–Trinajstić information content (AvgIpc) is 3.20. The van der Waals surface area contributed by atoms with E-state index in [1.807, 2.05) is 38.1 Å². The fourth-order valence-electron chi connectivity index (χ4n) is 3.99. The third-order valence-corrected chi connectivity index (χ3v) is 6.83. The van der Waals surface area contributed by atoms with Gasteiger partial charge in [-0.05, 0) is 54.3 Å². The minimum absolute atomic E-state index is 0.147. The summed E-state index contributed by atoms with van der Waals surface area (Å²) in [5.74, 6) is -0.137. The number of nitrogens with zero attached hydrogens (tertiary/aromatic N) is 2. The van der Waals surface area contributed by atoms with Crippen molar-refractivity contribution in [3.05, 3.63) is 96.2 Å². The largest absolute Gasteiger partial charge is 0.497 e. The van der Waals surface area contributed by atoms with Gasteiger partial charge in [-0.3, -0.25) is 9.36 Å². The standard InChI is InChI=1S/C28H28N2O6S/c1-16(2)15-36-27(33)23-17(3)29-28-30(24(23)19-8-10-20(11-9-19)26(32)35-5)25(31)22(37-28)14-18-6-12-21(34-4)13-7-18/h6-14,16,24H,15H2,1-5H3. The molecule has 3 aromatic rings. The first-order valence-corrected chi connectivity index (χ1v) is 12.6. The fraction of sp³-hybridized carbons (Fsp3) is 0.286. The number of ether oxygens (including phenoxy) is 3. The number of carbonyl (C=O) groups is 2. The van der Waals surface area contributed by atoms with Crippen molar-refractivity contribution in [3.63, 3.8) is 0 Å². The Morgan fingerprint density at radius 2 is 1.73 bits per heavy atom. The number of benzene rings is 2. The molecule has 0 radical (unpaired) electrons. The number of aromatic nitrogens is 1. The highest BCUT2D eigenvalue weighted by atomic mass is 32.1.